The van der Waals surface area contributed by atoms with Gasteiger partial charge in [-0.3, -0.25) is 0 Å². The van der Waals surface area contributed by atoms with Crippen LogP contribution in [0.4, 0.5) is 0 Å². The molecule has 1 aromatic carbocycles. The lowest BCUT2D eigenvalue weighted by molar-refractivity contribution is -0.0826. The van der Waals surface area contributed by atoms with Gasteiger partial charge in [-0.2, -0.15) is 0 Å². The van der Waals surface area contributed by atoms with Crippen molar-refractivity contribution < 1.29 is 13.9 Å². The van der Waals surface area contributed by atoms with Gasteiger partial charge >= 0.3 is 0 Å². The first-order chi connectivity index (χ1) is 11.5. The molecule has 0 aliphatic carbocycles. The number of hydrogen-bond acceptors (Lipinski definition) is 6. The summed E-state index contributed by atoms with van der Waals surface area (Å²) in [6.45, 7) is 8.37. The van der Waals surface area contributed by atoms with Crippen LogP contribution in [0.15, 0.2) is 22.6 Å². The normalized spacial score (nSPS) is 21.8. The minimum absolute atomic E-state index is 0.153. The number of rotatable bonds is 5. The summed E-state index contributed by atoms with van der Waals surface area (Å²) in [5.41, 5.74) is 2.36. The molecule has 0 saturated carbocycles. The number of ether oxygens (including phenoxy) is 2. The molecule has 1 aliphatic heterocycles. The van der Waals surface area contributed by atoms with Crippen LogP contribution in [0.3, 0.4) is 0 Å². The largest absolute Gasteiger partial charge is 0.493 e. The molecule has 2 aromatic rings. The van der Waals surface area contributed by atoms with Gasteiger partial charge in [0.15, 0.2) is 0 Å². The molecule has 24 heavy (non-hydrogen) atoms. The number of aromatic nitrogens is 2. The summed E-state index contributed by atoms with van der Waals surface area (Å²) in [7, 11) is 2.07. The molecule has 2 heterocycles. The molecule has 0 amide bonds. The number of hydrogen-bond donors (Lipinski definition) is 0. The standard InChI is InChI=1S/C18H25N3O3/c1-12-5-6-15(13(2)9-12)22-8-7-17-19-20-18(24-17)16-11-21(4)10-14(3)23-16/h5-6,9,14,16H,7-8,10-11H2,1-4H3/t14-,16-/m1/s1. The Hall–Kier alpha value is -1.92. The first-order valence-corrected chi connectivity index (χ1v) is 8.37. The van der Waals surface area contributed by atoms with E-state index in [0.29, 0.717) is 24.8 Å². The molecule has 2 atom stereocenters. The quantitative estimate of drug-likeness (QED) is 0.839. The maximum Gasteiger partial charge on any atom is 0.246 e. The lowest BCUT2D eigenvalue weighted by Gasteiger charge is -2.32. The van der Waals surface area contributed by atoms with Gasteiger partial charge in [0, 0.05) is 13.1 Å². The van der Waals surface area contributed by atoms with Crippen molar-refractivity contribution in [1.82, 2.24) is 15.1 Å². The molecule has 6 heteroatoms. The van der Waals surface area contributed by atoms with Gasteiger partial charge in [-0.15, -0.1) is 10.2 Å². The van der Waals surface area contributed by atoms with Crippen LogP contribution in [0.1, 0.15) is 35.9 Å². The molecule has 1 aliphatic rings. The molecule has 0 unspecified atom stereocenters. The Bertz CT molecular complexity index is 676. The minimum Gasteiger partial charge on any atom is -0.493 e. The second kappa shape index (κ2) is 7.32. The van der Waals surface area contributed by atoms with Crippen LogP contribution in [0, 0.1) is 13.8 Å². The summed E-state index contributed by atoms with van der Waals surface area (Å²) < 4.78 is 17.5. The molecular formula is C18H25N3O3. The van der Waals surface area contributed by atoms with Crippen molar-refractivity contribution in [1.29, 1.82) is 0 Å². The highest BCUT2D eigenvalue weighted by Gasteiger charge is 2.28. The first-order valence-electron chi connectivity index (χ1n) is 8.37. The van der Waals surface area contributed by atoms with Crippen LogP contribution in [0.5, 0.6) is 5.75 Å². The highest BCUT2D eigenvalue weighted by Crippen LogP contribution is 2.24. The van der Waals surface area contributed by atoms with Crippen molar-refractivity contribution in [3.63, 3.8) is 0 Å². The Morgan fingerprint density at radius 1 is 1.25 bits per heavy atom. The Morgan fingerprint density at radius 2 is 2.08 bits per heavy atom. The van der Waals surface area contributed by atoms with Crippen LogP contribution >= 0.6 is 0 Å². The van der Waals surface area contributed by atoms with Gasteiger partial charge in [0.25, 0.3) is 0 Å². The van der Waals surface area contributed by atoms with Crippen molar-refractivity contribution in [2.75, 3.05) is 26.7 Å². The minimum atomic E-state index is -0.153. The van der Waals surface area contributed by atoms with E-state index in [0.717, 1.165) is 24.4 Å². The van der Waals surface area contributed by atoms with Gasteiger partial charge in [-0.25, -0.2) is 0 Å². The van der Waals surface area contributed by atoms with Crippen molar-refractivity contribution in [3.05, 3.63) is 41.1 Å². The van der Waals surface area contributed by atoms with Crippen LogP contribution in [-0.2, 0) is 11.2 Å². The van der Waals surface area contributed by atoms with E-state index in [1.807, 2.05) is 19.1 Å². The average molecular weight is 331 g/mol. The third-order valence-corrected chi connectivity index (χ3v) is 4.10. The van der Waals surface area contributed by atoms with Crippen LogP contribution in [0.2, 0.25) is 0 Å². The van der Waals surface area contributed by atoms with Gasteiger partial charge in [0.1, 0.15) is 11.9 Å². The zero-order valence-electron chi connectivity index (χ0n) is 14.8. The average Bonchev–Trinajstić information content (AvgIpc) is 2.97. The van der Waals surface area contributed by atoms with E-state index in [9.17, 15) is 0 Å². The fourth-order valence-electron chi connectivity index (χ4n) is 3.01. The monoisotopic (exact) mass is 331 g/mol. The van der Waals surface area contributed by atoms with Crippen molar-refractivity contribution in [2.45, 2.75) is 39.4 Å². The summed E-state index contributed by atoms with van der Waals surface area (Å²) >= 11 is 0. The van der Waals surface area contributed by atoms with Gasteiger partial charge in [0.2, 0.25) is 11.8 Å². The molecule has 0 bridgehead atoms. The van der Waals surface area contributed by atoms with E-state index >= 15 is 0 Å². The Kier molecular flexibility index (Phi) is 5.16. The van der Waals surface area contributed by atoms with Crippen molar-refractivity contribution in [3.8, 4) is 5.75 Å². The van der Waals surface area contributed by atoms with Crippen LogP contribution in [-0.4, -0.2) is 47.9 Å². The molecule has 130 valence electrons. The zero-order valence-corrected chi connectivity index (χ0v) is 14.8. The third kappa shape index (κ3) is 4.13. The molecule has 1 fully saturated rings. The summed E-state index contributed by atoms with van der Waals surface area (Å²) in [5, 5.41) is 8.25. The smallest absolute Gasteiger partial charge is 0.246 e. The molecule has 1 saturated heterocycles. The summed E-state index contributed by atoms with van der Waals surface area (Å²) in [6.07, 6.45) is 0.593. The summed E-state index contributed by atoms with van der Waals surface area (Å²) in [6, 6.07) is 6.15. The second-order valence-corrected chi connectivity index (χ2v) is 6.56. The fourth-order valence-corrected chi connectivity index (χ4v) is 3.01. The van der Waals surface area contributed by atoms with E-state index in [1.165, 1.54) is 5.56 Å². The maximum atomic E-state index is 5.89. The fraction of sp³-hybridized carbons (Fsp3) is 0.556. The molecular weight excluding hydrogens is 306 g/mol. The lowest BCUT2D eigenvalue weighted by Crippen LogP contribution is -2.40. The van der Waals surface area contributed by atoms with Gasteiger partial charge < -0.3 is 18.8 Å². The first kappa shape index (κ1) is 16.9. The Labute approximate surface area is 142 Å². The SMILES string of the molecule is Cc1ccc(OCCc2nnc([C@H]3CN(C)C[C@@H](C)O3)o2)c(C)c1. The predicted octanol–water partition coefficient (Wildman–Crippen LogP) is 2.70. The Morgan fingerprint density at radius 3 is 2.83 bits per heavy atom. The van der Waals surface area contributed by atoms with E-state index in [2.05, 4.69) is 42.1 Å². The molecule has 3 rings (SSSR count). The summed E-state index contributed by atoms with van der Waals surface area (Å²) in [5.74, 6) is 2.03. The number of benzene rings is 1. The van der Waals surface area contributed by atoms with Crippen LogP contribution < -0.4 is 4.74 Å². The maximum absolute atomic E-state index is 5.89. The number of aryl methyl sites for hydroxylation is 2. The summed E-state index contributed by atoms with van der Waals surface area (Å²) in [4.78, 5) is 2.21. The zero-order chi connectivity index (χ0) is 17.1. The predicted molar refractivity (Wildman–Crippen MR) is 90.2 cm³/mol. The molecule has 1 aromatic heterocycles. The lowest BCUT2D eigenvalue weighted by atomic mass is 10.1. The van der Waals surface area contributed by atoms with E-state index in [1.54, 1.807) is 0 Å². The van der Waals surface area contributed by atoms with Gasteiger partial charge in [-0.1, -0.05) is 17.7 Å². The second-order valence-electron chi connectivity index (χ2n) is 6.56. The van der Waals surface area contributed by atoms with Crippen molar-refractivity contribution in [2.24, 2.45) is 0 Å². The van der Waals surface area contributed by atoms with E-state index < -0.39 is 0 Å². The third-order valence-electron chi connectivity index (χ3n) is 4.10. The van der Waals surface area contributed by atoms with Crippen LogP contribution in [0.25, 0.3) is 0 Å². The number of nitrogens with zero attached hydrogens (tertiary/aromatic N) is 3. The molecule has 6 nitrogen and oxygen atoms in total. The Balaban J connectivity index is 1.54. The van der Waals surface area contributed by atoms with E-state index in [-0.39, 0.29) is 12.2 Å². The molecule has 0 N–H and O–H groups in total. The van der Waals surface area contributed by atoms with Gasteiger partial charge in [-0.05, 0) is 39.4 Å². The highest BCUT2D eigenvalue weighted by atomic mass is 16.5. The van der Waals surface area contributed by atoms with Crippen molar-refractivity contribution >= 4 is 0 Å². The van der Waals surface area contributed by atoms with E-state index in [4.69, 9.17) is 13.9 Å². The number of likely N-dealkylation sites (N-methyl/N-ethyl adjacent to an activating group) is 1. The topological polar surface area (TPSA) is 60.6 Å². The van der Waals surface area contributed by atoms with Gasteiger partial charge in [0.05, 0.1) is 19.1 Å². The number of morpholine rings is 1. The molecule has 0 radical (unpaired) electrons. The molecule has 0 spiro atoms. The highest BCUT2D eigenvalue weighted by molar-refractivity contribution is 5.35.